The molecule has 5 nitrogen and oxygen atoms in total. The first-order chi connectivity index (χ1) is 31.2. The van der Waals surface area contributed by atoms with Crippen LogP contribution in [0.5, 0.6) is 0 Å². The minimum Gasteiger partial charge on any atom is -0.456 e. The van der Waals surface area contributed by atoms with E-state index in [0.29, 0.717) is 17.6 Å². The average Bonchev–Trinajstić information content (AvgIpc) is 4.07. The SMILES string of the molecule is c1ccc(-c2nc(-c3cccc4oc5ccccc5c34)nc(-n3c4ccccc4c4cc(-c5ccc6c(c5)C5(c7ccccc7-c7ccccc75)c5ccccc5-6)ccc43)n2)cc1. The van der Waals surface area contributed by atoms with Crippen molar-refractivity contribution < 1.29 is 4.42 Å². The summed E-state index contributed by atoms with van der Waals surface area (Å²) in [5, 5.41) is 4.27. The molecule has 0 radical (unpaired) electrons. The van der Waals surface area contributed by atoms with Gasteiger partial charge >= 0.3 is 0 Å². The number of rotatable bonds is 4. The molecule has 3 heterocycles. The van der Waals surface area contributed by atoms with Gasteiger partial charge in [-0.1, -0.05) is 170 Å². The molecule has 0 N–H and O–H groups in total. The predicted octanol–water partition coefficient (Wildman–Crippen LogP) is 14.2. The summed E-state index contributed by atoms with van der Waals surface area (Å²) < 4.78 is 8.51. The molecule has 9 aromatic carbocycles. The zero-order valence-electron chi connectivity index (χ0n) is 33.8. The van der Waals surface area contributed by atoms with Gasteiger partial charge in [0.2, 0.25) is 5.95 Å². The zero-order chi connectivity index (χ0) is 41.2. The second kappa shape index (κ2) is 12.8. The van der Waals surface area contributed by atoms with Gasteiger partial charge in [0.25, 0.3) is 0 Å². The summed E-state index contributed by atoms with van der Waals surface area (Å²) in [5.41, 5.74) is 18.0. The third-order valence-electron chi connectivity index (χ3n) is 13.5. The first-order valence-corrected chi connectivity index (χ1v) is 21.4. The Bertz CT molecular complexity index is 3810. The molecule has 0 saturated carbocycles. The molecular weight excluding hydrogens is 769 g/mol. The van der Waals surface area contributed by atoms with E-state index in [1.807, 2.05) is 48.5 Å². The molecule has 0 unspecified atom stereocenters. The molecule has 0 aliphatic heterocycles. The molecule has 0 amide bonds. The van der Waals surface area contributed by atoms with E-state index in [4.69, 9.17) is 19.4 Å². The minimum atomic E-state index is -0.408. The molecule has 14 rings (SSSR count). The van der Waals surface area contributed by atoms with Crippen LogP contribution in [0.15, 0.2) is 211 Å². The number of benzene rings is 9. The number of hydrogen-bond donors (Lipinski definition) is 0. The molecule has 5 heteroatoms. The van der Waals surface area contributed by atoms with Gasteiger partial charge in [-0.2, -0.15) is 9.97 Å². The number of fused-ring (bicyclic) bond motifs is 16. The quantitative estimate of drug-likeness (QED) is 0.178. The van der Waals surface area contributed by atoms with Crippen LogP contribution < -0.4 is 0 Å². The van der Waals surface area contributed by atoms with Gasteiger partial charge in [0.05, 0.1) is 16.4 Å². The minimum absolute atomic E-state index is 0.408. The summed E-state index contributed by atoms with van der Waals surface area (Å²) in [6, 6.07) is 73.9. The van der Waals surface area contributed by atoms with Crippen molar-refractivity contribution in [2.45, 2.75) is 5.41 Å². The van der Waals surface area contributed by atoms with Crippen molar-refractivity contribution in [3.8, 4) is 62.1 Å². The number of para-hydroxylation sites is 2. The molecule has 63 heavy (non-hydrogen) atoms. The van der Waals surface area contributed by atoms with Crippen molar-refractivity contribution in [1.82, 2.24) is 19.5 Å². The summed E-state index contributed by atoms with van der Waals surface area (Å²) in [6.45, 7) is 0. The highest BCUT2D eigenvalue weighted by atomic mass is 16.3. The van der Waals surface area contributed by atoms with Crippen LogP contribution in [0.1, 0.15) is 22.3 Å². The molecule has 3 aromatic heterocycles. The predicted molar refractivity (Wildman–Crippen MR) is 254 cm³/mol. The van der Waals surface area contributed by atoms with Crippen LogP contribution in [0.3, 0.4) is 0 Å². The van der Waals surface area contributed by atoms with Gasteiger partial charge in [-0.15, -0.1) is 0 Å². The van der Waals surface area contributed by atoms with Gasteiger partial charge in [0.15, 0.2) is 11.6 Å². The Labute approximate surface area is 362 Å². The third-order valence-corrected chi connectivity index (χ3v) is 13.5. The molecular formula is C58H34N4O. The molecule has 0 fully saturated rings. The van der Waals surface area contributed by atoms with Gasteiger partial charge in [-0.05, 0) is 92.0 Å². The van der Waals surface area contributed by atoms with Crippen LogP contribution in [-0.4, -0.2) is 19.5 Å². The number of hydrogen-bond acceptors (Lipinski definition) is 4. The molecule has 0 bridgehead atoms. The van der Waals surface area contributed by atoms with Crippen molar-refractivity contribution >= 4 is 43.7 Å². The van der Waals surface area contributed by atoms with Crippen LogP contribution in [0.4, 0.5) is 0 Å². The number of furan rings is 1. The highest BCUT2D eigenvalue weighted by Gasteiger charge is 2.51. The van der Waals surface area contributed by atoms with Crippen LogP contribution in [0.2, 0.25) is 0 Å². The van der Waals surface area contributed by atoms with Gasteiger partial charge < -0.3 is 4.42 Å². The fraction of sp³-hybridized carbons (Fsp3) is 0.0172. The molecule has 0 atom stereocenters. The van der Waals surface area contributed by atoms with E-state index in [2.05, 4.69) is 162 Å². The van der Waals surface area contributed by atoms with E-state index < -0.39 is 5.41 Å². The fourth-order valence-electron chi connectivity index (χ4n) is 10.9. The summed E-state index contributed by atoms with van der Waals surface area (Å²) in [5.74, 6) is 1.74. The topological polar surface area (TPSA) is 56.7 Å². The maximum Gasteiger partial charge on any atom is 0.238 e. The molecule has 2 aliphatic carbocycles. The van der Waals surface area contributed by atoms with Crippen molar-refractivity contribution in [3.63, 3.8) is 0 Å². The molecule has 12 aromatic rings. The lowest BCUT2D eigenvalue weighted by atomic mass is 9.70. The second-order valence-corrected chi connectivity index (χ2v) is 16.7. The normalized spacial score (nSPS) is 13.2. The Balaban J connectivity index is 0.980. The highest BCUT2D eigenvalue weighted by Crippen LogP contribution is 2.63. The molecule has 1 spiro atoms. The summed E-state index contributed by atoms with van der Waals surface area (Å²) in [6.07, 6.45) is 0. The standard InChI is InChI=1S/C58H34N4O/c1-2-15-35(16-3-1)55-59-56(44-22-14-28-53-54(44)43-21-8-13-27-52(43)63-53)61-57(60-55)62-50-26-12-7-20-42(50)45-33-36(30-32-51(45)62)37-29-31-41-40-19-6-11-25-48(40)58(49(41)34-37)46-23-9-4-17-38(46)39-18-5-10-24-47(39)58/h1-34H. The van der Waals surface area contributed by atoms with Crippen LogP contribution in [-0.2, 0) is 5.41 Å². The van der Waals surface area contributed by atoms with E-state index in [1.165, 1.54) is 50.1 Å². The van der Waals surface area contributed by atoms with Crippen LogP contribution in [0.25, 0.3) is 106 Å². The van der Waals surface area contributed by atoms with Gasteiger partial charge in [0.1, 0.15) is 11.2 Å². The molecule has 292 valence electrons. The van der Waals surface area contributed by atoms with Crippen LogP contribution >= 0.6 is 0 Å². The Hall–Kier alpha value is -8.41. The van der Waals surface area contributed by atoms with Crippen LogP contribution in [0, 0.1) is 0 Å². The summed E-state index contributed by atoms with van der Waals surface area (Å²) in [4.78, 5) is 15.7. The second-order valence-electron chi connectivity index (χ2n) is 16.7. The summed E-state index contributed by atoms with van der Waals surface area (Å²) >= 11 is 0. The third kappa shape index (κ3) is 4.68. The van der Waals surface area contributed by atoms with E-state index in [9.17, 15) is 0 Å². The van der Waals surface area contributed by atoms with Crippen molar-refractivity contribution in [2.75, 3.05) is 0 Å². The van der Waals surface area contributed by atoms with E-state index in [-0.39, 0.29) is 0 Å². The maximum absolute atomic E-state index is 6.32. The largest absolute Gasteiger partial charge is 0.456 e. The van der Waals surface area contributed by atoms with Crippen molar-refractivity contribution in [1.29, 1.82) is 0 Å². The molecule has 0 saturated heterocycles. The maximum atomic E-state index is 6.32. The Kier molecular flexibility index (Phi) is 6.97. The van der Waals surface area contributed by atoms with Crippen molar-refractivity contribution in [3.05, 3.63) is 229 Å². The zero-order valence-corrected chi connectivity index (χ0v) is 33.8. The average molecular weight is 803 g/mol. The lowest BCUT2D eigenvalue weighted by Crippen LogP contribution is -2.25. The Morgan fingerprint density at radius 1 is 0.349 bits per heavy atom. The van der Waals surface area contributed by atoms with Crippen molar-refractivity contribution in [2.24, 2.45) is 0 Å². The highest BCUT2D eigenvalue weighted by molar-refractivity contribution is 6.12. The van der Waals surface area contributed by atoms with Gasteiger partial charge in [-0.25, -0.2) is 4.98 Å². The first kappa shape index (κ1) is 34.3. The Morgan fingerprint density at radius 3 is 1.67 bits per heavy atom. The summed E-state index contributed by atoms with van der Waals surface area (Å²) in [7, 11) is 0. The lowest BCUT2D eigenvalue weighted by Gasteiger charge is -2.30. The smallest absolute Gasteiger partial charge is 0.238 e. The van der Waals surface area contributed by atoms with E-state index >= 15 is 0 Å². The first-order valence-electron chi connectivity index (χ1n) is 21.4. The Morgan fingerprint density at radius 2 is 0.905 bits per heavy atom. The van der Waals surface area contributed by atoms with Gasteiger partial charge in [-0.3, -0.25) is 4.57 Å². The van der Waals surface area contributed by atoms with Gasteiger partial charge in [0, 0.05) is 32.7 Å². The fourth-order valence-corrected chi connectivity index (χ4v) is 10.9. The monoisotopic (exact) mass is 802 g/mol. The number of nitrogens with zero attached hydrogens (tertiary/aromatic N) is 4. The van der Waals surface area contributed by atoms with E-state index in [0.717, 1.165) is 60.4 Å². The lowest BCUT2D eigenvalue weighted by molar-refractivity contribution is 0.669. The molecule has 2 aliphatic rings. The number of aromatic nitrogens is 4. The van der Waals surface area contributed by atoms with E-state index in [1.54, 1.807) is 0 Å².